The molecule has 0 aromatic heterocycles. The summed E-state index contributed by atoms with van der Waals surface area (Å²) in [7, 11) is 0. The minimum atomic E-state index is -0.0416. The van der Waals surface area contributed by atoms with E-state index in [-0.39, 0.29) is 11.9 Å². The van der Waals surface area contributed by atoms with Gasteiger partial charge in [-0.25, -0.2) is 0 Å². The van der Waals surface area contributed by atoms with Crippen molar-refractivity contribution in [1.29, 1.82) is 0 Å². The molecule has 4 heteroatoms. The maximum atomic E-state index is 12.6. The number of likely N-dealkylation sites (tertiary alicyclic amines) is 1. The standard InChI is InChI=1S/C16H23N3O/c20-16(15-12-17-8-9-18-15)19-10-4-7-14(19)11-13-5-2-1-3-6-13/h1-3,5-6,14-15,17-18H,4,7-12H2. The van der Waals surface area contributed by atoms with E-state index < -0.39 is 0 Å². The van der Waals surface area contributed by atoms with E-state index in [0.717, 1.165) is 45.4 Å². The third-order valence-corrected chi connectivity index (χ3v) is 4.31. The minimum absolute atomic E-state index is 0.0416. The largest absolute Gasteiger partial charge is 0.338 e. The zero-order valence-electron chi connectivity index (χ0n) is 11.8. The first-order valence-corrected chi connectivity index (χ1v) is 7.63. The van der Waals surface area contributed by atoms with Gasteiger partial charge in [0.2, 0.25) is 5.91 Å². The highest BCUT2D eigenvalue weighted by Crippen LogP contribution is 2.22. The number of carbonyl (C=O) groups is 1. The minimum Gasteiger partial charge on any atom is -0.338 e. The lowest BCUT2D eigenvalue weighted by molar-refractivity contribution is -0.134. The summed E-state index contributed by atoms with van der Waals surface area (Å²) in [6.07, 6.45) is 3.23. The molecule has 2 heterocycles. The van der Waals surface area contributed by atoms with Gasteiger partial charge >= 0.3 is 0 Å². The van der Waals surface area contributed by atoms with Gasteiger partial charge in [-0.15, -0.1) is 0 Å². The highest BCUT2D eigenvalue weighted by molar-refractivity contribution is 5.83. The molecular formula is C16H23N3O. The summed E-state index contributed by atoms with van der Waals surface area (Å²) in [5.74, 6) is 0.274. The number of nitrogens with one attached hydrogen (secondary N) is 2. The van der Waals surface area contributed by atoms with Crippen molar-refractivity contribution >= 4 is 5.91 Å². The van der Waals surface area contributed by atoms with Crippen LogP contribution in [0.4, 0.5) is 0 Å². The van der Waals surface area contributed by atoms with Crippen molar-refractivity contribution < 1.29 is 4.79 Å². The Hall–Kier alpha value is -1.39. The molecule has 4 nitrogen and oxygen atoms in total. The van der Waals surface area contributed by atoms with Crippen LogP contribution < -0.4 is 10.6 Å². The molecule has 1 aromatic carbocycles. The fraction of sp³-hybridized carbons (Fsp3) is 0.562. The fourth-order valence-electron chi connectivity index (χ4n) is 3.25. The first-order chi connectivity index (χ1) is 9.84. The Morgan fingerprint density at radius 3 is 2.85 bits per heavy atom. The highest BCUT2D eigenvalue weighted by atomic mass is 16.2. The van der Waals surface area contributed by atoms with Gasteiger partial charge in [-0.2, -0.15) is 0 Å². The Labute approximate surface area is 120 Å². The van der Waals surface area contributed by atoms with Gasteiger partial charge in [-0.3, -0.25) is 4.79 Å². The second-order valence-corrected chi connectivity index (χ2v) is 5.73. The van der Waals surface area contributed by atoms with Crippen molar-refractivity contribution in [3.05, 3.63) is 35.9 Å². The van der Waals surface area contributed by atoms with E-state index in [1.807, 2.05) is 6.07 Å². The molecule has 3 rings (SSSR count). The fourth-order valence-corrected chi connectivity index (χ4v) is 3.25. The van der Waals surface area contributed by atoms with E-state index in [0.29, 0.717) is 6.04 Å². The molecule has 0 aliphatic carbocycles. The molecule has 0 radical (unpaired) electrons. The number of rotatable bonds is 3. The maximum absolute atomic E-state index is 12.6. The van der Waals surface area contributed by atoms with Crippen LogP contribution in [0.3, 0.4) is 0 Å². The van der Waals surface area contributed by atoms with Crippen LogP contribution in [0.2, 0.25) is 0 Å². The molecule has 20 heavy (non-hydrogen) atoms. The molecule has 2 fully saturated rings. The normalized spacial score (nSPS) is 26.7. The van der Waals surface area contributed by atoms with Gasteiger partial charge in [0.05, 0.1) is 6.04 Å². The van der Waals surface area contributed by atoms with Crippen molar-refractivity contribution in [3.63, 3.8) is 0 Å². The van der Waals surface area contributed by atoms with Gasteiger partial charge in [0.25, 0.3) is 0 Å². The second-order valence-electron chi connectivity index (χ2n) is 5.73. The Balaban J connectivity index is 1.64. The lowest BCUT2D eigenvalue weighted by atomic mass is 10.0. The van der Waals surface area contributed by atoms with Crippen molar-refractivity contribution in [1.82, 2.24) is 15.5 Å². The number of piperazine rings is 1. The zero-order chi connectivity index (χ0) is 13.8. The van der Waals surface area contributed by atoms with Gasteiger partial charge < -0.3 is 15.5 Å². The average Bonchev–Trinajstić information content (AvgIpc) is 2.96. The Bertz CT molecular complexity index is 442. The third kappa shape index (κ3) is 3.02. The number of nitrogens with zero attached hydrogens (tertiary/aromatic N) is 1. The Kier molecular flexibility index (Phi) is 4.33. The lowest BCUT2D eigenvalue weighted by Crippen LogP contribution is -2.57. The molecule has 2 aliphatic rings. The third-order valence-electron chi connectivity index (χ3n) is 4.31. The van der Waals surface area contributed by atoms with Crippen LogP contribution in [0.25, 0.3) is 0 Å². The van der Waals surface area contributed by atoms with Gasteiger partial charge in [-0.05, 0) is 24.8 Å². The first kappa shape index (κ1) is 13.6. The quantitative estimate of drug-likeness (QED) is 0.855. The summed E-state index contributed by atoms with van der Waals surface area (Å²) in [5, 5.41) is 6.62. The van der Waals surface area contributed by atoms with E-state index in [1.54, 1.807) is 0 Å². The van der Waals surface area contributed by atoms with Gasteiger partial charge in [0.15, 0.2) is 0 Å². The van der Waals surface area contributed by atoms with Crippen LogP contribution in [0, 0.1) is 0 Å². The van der Waals surface area contributed by atoms with E-state index in [2.05, 4.69) is 39.8 Å². The number of amides is 1. The maximum Gasteiger partial charge on any atom is 0.241 e. The van der Waals surface area contributed by atoms with Crippen molar-refractivity contribution in [2.24, 2.45) is 0 Å². The molecule has 0 bridgehead atoms. The molecule has 2 atom stereocenters. The molecule has 108 valence electrons. The second kappa shape index (κ2) is 6.37. The zero-order valence-corrected chi connectivity index (χ0v) is 11.8. The first-order valence-electron chi connectivity index (χ1n) is 7.63. The van der Waals surface area contributed by atoms with Crippen molar-refractivity contribution in [3.8, 4) is 0 Å². The van der Waals surface area contributed by atoms with E-state index in [9.17, 15) is 4.79 Å². The predicted octanol–water partition coefficient (Wildman–Crippen LogP) is 0.782. The number of hydrogen-bond acceptors (Lipinski definition) is 3. The van der Waals surface area contributed by atoms with E-state index in [1.165, 1.54) is 5.56 Å². The van der Waals surface area contributed by atoms with Crippen LogP contribution in [0.1, 0.15) is 18.4 Å². The number of hydrogen-bond donors (Lipinski definition) is 2. The van der Waals surface area contributed by atoms with Crippen LogP contribution in [0.15, 0.2) is 30.3 Å². The van der Waals surface area contributed by atoms with Crippen molar-refractivity contribution in [2.45, 2.75) is 31.3 Å². The number of carbonyl (C=O) groups excluding carboxylic acids is 1. The van der Waals surface area contributed by atoms with Crippen LogP contribution in [0.5, 0.6) is 0 Å². The SMILES string of the molecule is O=C(C1CNCCN1)N1CCCC1Cc1ccccc1. The predicted molar refractivity (Wildman–Crippen MR) is 79.5 cm³/mol. The highest BCUT2D eigenvalue weighted by Gasteiger charge is 2.33. The van der Waals surface area contributed by atoms with Crippen molar-refractivity contribution in [2.75, 3.05) is 26.2 Å². The summed E-state index contributed by atoms with van der Waals surface area (Å²) in [6, 6.07) is 10.8. The molecule has 0 spiro atoms. The summed E-state index contributed by atoms with van der Waals surface area (Å²) < 4.78 is 0. The molecule has 2 unspecified atom stereocenters. The van der Waals surface area contributed by atoms with Gasteiger partial charge in [0.1, 0.15) is 0 Å². The molecule has 2 saturated heterocycles. The van der Waals surface area contributed by atoms with E-state index in [4.69, 9.17) is 0 Å². The monoisotopic (exact) mass is 273 g/mol. The summed E-state index contributed by atoms with van der Waals surface area (Å²) >= 11 is 0. The summed E-state index contributed by atoms with van der Waals surface area (Å²) in [6.45, 7) is 3.51. The Morgan fingerprint density at radius 2 is 2.10 bits per heavy atom. The topological polar surface area (TPSA) is 44.4 Å². The smallest absolute Gasteiger partial charge is 0.241 e. The molecule has 1 aromatic rings. The van der Waals surface area contributed by atoms with Gasteiger partial charge in [0, 0.05) is 32.2 Å². The molecule has 0 saturated carbocycles. The van der Waals surface area contributed by atoms with Crippen LogP contribution in [-0.2, 0) is 11.2 Å². The van der Waals surface area contributed by atoms with Gasteiger partial charge in [-0.1, -0.05) is 30.3 Å². The lowest BCUT2D eigenvalue weighted by Gasteiger charge is -2.31. The Morgan fingerprint density at radius 1 is 1.25 bits per heavy atom. The molecular weight excluding hydrogens is 250 g/mol. The number of benzene rings is 1. The van der Waals surface area contributed by atoms with E-state index >= 15 is 0 Å². The summed E-state index contributed by atoms with van der Waals surface area (Å²) in [5.41, 5.74) is 1.33. The van der Waals surface area contributed by atoms with Crippen LogP contribution in [-0.4, -0.2) is 49.1 Å². The molecule has 1 amide bonds. The van der Waals surface area contributed by atoms with Crippen LogP contribution >= 0.6 is 0 Å². The molecule has 2 aliphatic heterocycles. The summed E-state index contributed by atoms with van der Waals surface area (Å²) in [4.78, 5) is 14.7. The average molecular weight is 273 g/mol. The molecule has 2 N–H and O–H groups in total.